The van der Waals surface area contributed by atoms with Crippen LogP contribution >= 0.6 is 0 Å². The van der Waals surface area contributed by atoms with E-state index in [0.717, 1.165) is 16.7 Å². The second-order valence-electron chi connectivity index (χ2n) is 5.69. The van der Waals surface area contributed by atoms with Gasteiger partial charge in [0.05, 0.1) is 4.90 Å². The first-order valence-corrected chi connectivity index (χ1v) is 9.08. The van der Waals surface area contributed by atoms with Gasteiger partial charge in [-0.2, -0.15) is 4.72 Å². The standard InChI is InChI=1S/C18H21NO4S/c1-13-8-10-17(11-9-13)24(21,22)19-15(3)18(20)23-12-16-7-5-4-6-14(16)2/h4-11,15,19H,12H2,1-3H3/t15-/m0/s1. The fraction of sp³-hybridized carbons (Fsp3) is 0.278. The second kappa shape index (κ2) is 7.59. The van der Waals surface area contributed by atoms with E-state index >= 15 is 0 Å². The number of benzene rings is 2. The van der Waals surface area contributed by atoms with Crippen LogP contribution in [0.1, 0.15) is 23.6 Å². The lowest BCUT2D eigenvalue weighted by molar-refractivity contribution is -0.146. The molecule has 1 N–H and O–H groups in total. The molecule has 0 radical (unpaired) electrons. The van der Waals surface area contributed by atoms with Crippen LogP contribution in [-0.4, -0.2) is 20.4 Å². The zero-order valence-corrected chi connectivity index (χ0v) is 14.8. The molecule has 0 saturated heterocycles. The molecule has 0 saturated carbocycles. The first-order valence-electron chi connectivity index (χ1n) is 7.60. The Hall–Kier alpha value is -2.18. The van der Waals surface area contributed by atoms with Crippen LogP contribution in [0.3, 0.4) is 0 Å². The summed E-state index contributed by atoms with van der Waals surface area (Å²) in [4.78, 5) is 12.2. The Morgan fingerprint density at radius 3 is 2.33 bits per heavy atom. The zero-order chi connectivity index (χ0) is 17.7. The van der Waals surface area contributed by atoms with Crippen molar-refractivity contribution < 1.29 is 17.9 Å². The van der Waals surface area contributed by atoms with Gasteiger partial charge in [-0.15, -0.1) is 0 Å². The highest BCUT2D eigenvalue weighted by Gasteiger charge is 2.23. The Labute approximate surface area is 142 Å². The van der Waals surface area contributed by atoms with Crippen molar-refractivity contribution in [1.82, 2.24) is 4.72 Å². The molecule has 2 aromatic carbocycles. The van der Waals surface area contributed by atoms with Gasteiger partial charge in [-0.1, -0.05) is 42.0 Å². The number of nitrogens with one attached hydrogen (secondary N) is 1. The SMILES string of the molecule is Cc1ccc(S(=O)(=O)N[C@@H](C)C(=O)OCc2ccccc2C)cc1. The number of hydrogen-bond acceptors (Lipinski definition) is 4. The van der Waals surface area contributed by atoms with Gasteiger partial charge < -0.3 is 4.74 Å². The molecule has 24 heavy (non-hydrogen) atoms. The minimum Gasteiger partial charge on any atom is -0.460 e. The summed E-state index contributed by atoms with van der Waals surface area (Å²) in [5.41, 5.74) is 2.86. The van der Waals surface area contributed by atoms with E-state index < -0.39 is 22.0 Å². The molecule has 0 heterocycles. The number of sulfonamides is 1. The lowest BCUT2D eigenvalue weighted by Gasteiger charge is -2.14. The van der Waals surface area contributed by atoms with E-state index in [0.29, 0.717) is 0 Å². The Morgan fingerprint density at radius 1 is 1.08 bits per heavy atom. The van der Waals surface area contributed by atoms with Crippen LogP contribution in [0, 0.1) is 13.8 Å². The average Bonchev–Trinajstić information content (AvgIpc) is 2.53. The van der Waals surface area contributed by atoms with Crippen molar-refractivity contribution in [2.24, 2.45) is 0 Å². The topological polar surface area (TPSA) is 72.5 Å². The fourth-order valence-corrected chi connectivity index (χ4v) is 3.30. The number of carbonyl (C=O) groups excluding carboxylic acids is 1. The maximum atomic E-state index is 12.3. The summed E-state index contributed by atoms with van der Waals surface area (Å²) < 4.78 is 32.1. The van der Waals surface area contributed by atoms with Crippen LogP contribution in [0.25, 0.3) is 0 Å². The smallest absolute Gasteiger partial charge is 0.324 e. The Balaban J connectivity index is 1.98. The molecule has 0 unspecified atom stereocenters. The summed E-state index contributed by atoms with van der Waals surface area (Å²) in [6.07, 6.45) is 0. The molecule has 1 atom stereocenters. The van der Waals surface area contributed by atoms with Crippen LogP contribution in [0.2, 0.25) is 0 Å². The van der Waals surface area contributed by atoms with E-state index in [1.807, 2.05) is 38.1 Å². The molecule has 2 rings (SSSR count). The Kier molecular flexibility index (Phi) is 5.75. The summed E-state index contributed by atoms with van der Waals surface area (Å²) in [6, 6.07) is 13.0. The van der Waals surface area contributed by atoms with Crippen LogP contribution in [0.5, 0.6) is 0 Å². The summed E-state index contributed by atoms with van der Waals surface area (Å²) >= 11 is 0. The minimum absolute atomic E-state index is 0.113. The van der Waals surface area contributed by atoms with Crippen molar-refractivity contribution >= 4 is 16.0 Å². The number of esters is 1. The first-order chi connectivity index (χ1) is 11.3. The summed E-state index contributed by atoms with van der Waals surface area (Å²) in [5.74, 6) is -0.617. The molecule has 0 aromatic heterocycles. The molecule has 0 spiro atoms. The predicted molar refractivity (Wildman–Crippen MR) is 91.9 cm³/mol. The van der Waals surface area contributed by atoms with Gasteiger partial charge in [0, 0.05) is 0 Å². The van der Waals surface area contributed by atoms with Gasteiger partial charge in [-0.25, -0.2) is 8.42 Å². The van der Waals surface area contributed by atoms with Gasteiger partial charge in [0.15, 0.2) is 0 Å². The van der Waals surface area contributed by atoms with E-state index in [2.05, 4.69) is 4.72 Å². The molecular weight excluding hydrogens is 326 g/mol. The third-order valence-corrected chi connectivity index (χ3v) is 5.20. The highest BCUT2D eigenvalue weighted by atomic mass is 32.2. The van der Waals surface area contributed by atoms with Crippen molar-refractivity contribution in [1.29, 1.82) is 0 Å². The van der Waals surface area contributed by atoms with E-state index in [1.54, 1.807) is 12.1 Å². The molecule has 128 valence electrons. The maximum Gasteiger partial charge on any atom is 0.324 e. The fourth-order valence-electron chi connectivity index (χ4n) is 2.11. The highest BCUT2D eigenvalue weighted by Crippen LogP contribution is 2.12. The molecule has 0 aliphatic rings. The van der Waals surface area contributed by atoms with Gasteiger partial charge in [-0.05, 0) is 44.0 Å². The number of hydrogen-bond donors (Lipinski definition) is 1. The Morgan fingerprint density at radius 2 is 1.71 bits per heavy atom. The van der Waals surface area contributed by atoms with E-state index in [9.17, 15) is 13.2 Å². The summed E-state index contributed by atoms with van der Waals surface area (Å²) in [5, 5.41) is 0. The van der Waals surface area contributed by atoms with E-state index in [1.165, 1.54) is 19.1 Å². The molecule has 0 fully saturated rings. The third-order valence-electron chi connectivity index (χ3n) is 3.65. The Bertz CT molecular complexity index is 813. The molecule has 6 heteroatoms. The largest absolute Gasteiger partial charge is 0.460 e. The summed E-state index contributed by atoms with van der Waals surface area (Å²) in [7, 11) is -3.76. The van der Waals surface area contributed by atoms with Gasteiger partial charge in [-0.3, -0.25) is 4.79 Å². The lowest BCUT2D eigenvalue weighted by atomic mass is 10.1. The van der Waals surface area contributed by atoms with Crippen LogP contribution in [0.15, 0.2) is 53.4 Å². The zero-order valence-electron chi connectivity index (χ0n) is 13.9. The number of aryl methyl sites for hydroxylation is 2. The van der Waals surface area contributed by atoms with Gasteiger partial charge in [0.25, 0.3) is 0 Å². The van der Waals surface area contributed by atoms with Crippen molar-refractivity contribution in [2.75, 3.05) is 0 Å². The van der Waals surface area contributed by atoms with E-state index in [4.69, 9.17) is 4.74 Å². The maximum absolute atomic E-state index is 12.3. The molecule has 0 aliphatic heterocycles. The van der Waals surface area contributed by atoms with Gasteiger partial charge >= 0.3 is 5.97 Å². The second-order valence-corrected chi connectivity index (χ2v) is 7.40. The van der Waals surface area contributed by atoms with Crippen molar-refractivity contribution in [3.8, 4) is 0 Å². The van der Waals surface area contributed by atoms with Crippen molar-refractivity contribution in [2.45, 2.75) is 38.3 Å². The average molecular weight is 347 g/mol. The lowest BCUT2D eigenvalue weighted by Crippen LogP contribution is -2.39. The van der Waals surface area contributed by atoms with Crippen molar-refractivity contribution in [3.63, 3.8) is 0 Å². The molecular formula is C18H21NO4S. The normalized spacial score (nSPS) is 12.6. The van der Waals surface area contributed by atoms with Crippen LogP contribution in [0.4, 0.5) is 0 Å². The van der Waals surface area contributed by atoms with Crippen molar-refractivity contribution in [3.05, 3.63) is 65.2 Å². The first kappa shape index (κ1) is 18.2. The third kappa shape index (κ3) is 4.66. The molecule has 0 bridgehead atoms. The number of carbonyl (C=O) groups is 1. The molecule has 2 aromatic rings. The number of ether oxygens (including phenoxy) is 1. The highest BCUT2D eigenvalue weighted by molar-refractivity contribution is 7.89. The van der Waals surface area contributed by atoms with E-state index in [-0.39, 0.29) is 11.5 Å². The molecule has 0 aliphatic carbocycles. The van der Waals surface area contributed by atoms with Gasteiger partial charge in [0.2, 0.25) is 10.0 Å². The minimum atomic E-state index is -3.76. The molecule has 5 nitrogen and oxygen atoms in total. The predicted octanol–water partition coefficient (Wildman–Crippen LogP) is 2.71. The monoisotopic (exact) mass is 347 g/mol. The van der Waals surface area contributed by atoms with Crippen LogP contribution < -0.4 is 4.72 Å². The molecule has 0 amide bonds. The van der Waals surface area contributed by atoms with Gasteiger partial charge in [0.1, 0.15) is 12.6 Å². The quantitative estimate of drug-likeness (QED) is 0.816. The number of rotatable bonds is 6. The van der Waals surface area contributed by atoms with Crippen LogP contribution in [-0.2, 0) is 26.2 Å². The summed E-state index contributed by atoms with van der Waals surface area (Å²) in [6.45, 7) is 5.37.